The van der Waals surface area contributed by atoms with Crippen molar-refractivity contribution in [3.05, 3.63) is 82.7 Å². The minimum absolute atomic E-state index is 0.207. The van der Waals surface area contributed by atoms with E-state index in [0.29, 0.717) is 5.76 Å². The molecule has 5 nitrogen and oxygen atoms in total. The van der Waals surface area contributed by atoms with Gasteiger partial charge in [0.2, 0.25) is 0 Å². The SMILES string of the molecule is O=C(N/N=C\c1c[nH]c2ccccc12)c1ccc(-c2ccc(Br)cc2)o1. The van der Waals surface area contributed by atoms with E-state index in [2.05, 4.69) is 31.4 Å². The first-order chi connectivity index (χ1) is 12.7. The lowest BCUT2D eigenvalue weighted by Crippen LogP contribution is -2.16. The Kier molecular flexibility index (Phi) is 4.41. The van der Waals surface area contributed by atoms with Crippen LogP contribution in [0.1, 0.15) is 16.1 Å². The quantitative estimate of drug-likeness (QED) is 0.370. The maximum absolute atomic E-state index is 12.2. The normalized spacial score (nSPS) is 11.3. The molecule has 1 amide bonds. The van der Waals surface area contributed by atoms with E-state index < -0.39 is 5.91 Å². The number of carbonyl (C=O) groups is 1. The fourth-order valence-corrected chi connectivity index (χ4v) is 2.91. The molecule has 0 unspecified atom stereocenters. The summed E-state index contributed by atoms with van der Waals surface area (Å²) in [5.74, 6) is 0.437. The summed E-state index contributed by atoms with van der Waals surface area (Å²) < 4.78 is 6.61. The van der Waals surface area contributed by atoms with E-state index >= 15 is 0 Å². The van der Waals surface area contributed by atoms with Crippen LogP contribution in [0, 0.1) is 0 Å². The van der Waals surface area contributed by atoms with Crippen LogP contribution >= 0.6 is 15.9 Å². The van der Waals surface area contributed by atoms with Crippen LogP contribution in [0.5, 0.6) is 0 Å². The molecule has 0 saturated carbocycles. The molecule has 0 aliphatic heterocycles. The number of nitrogens with zero attached hydrogens (tertiary/aromatic N) is 1. The van der Waals surface area contributed by atoms with Crippen molar-refractivity contribution in [3.63, 3.8) is 0 Å². The number of aromatic amines is 1. The Morgan fingerprint density at radius 2 is 1.88 bits per heavy atom. The summed E-state index contributed by atoms with van der Waals surface area (Å²) in [4.78, 5) is 15.4. The number of hydrogen-bond donors (Lipinski definition) is 2. The second kappa shape index (κ2) is 7.01. The monoisotopic (exact) mass is 407 g/mol. The summed E-state index contributed by atoms with van der Waals surface area (Å²) in [5.41, 5.74) is 5.31. The lowest BCUT2D eigenvalue weighted by molar-refractivity contribution is 0.0928. The van der Waals surface area contributed by atoms with Crippen molar-refractivity contribution in [1.82, 2.24) is 10.4 Å². The summed E-state index contributed by atoms with van der Waals surface area (Å²) in [6, 6.07) is 19.0. The second-order valence-electron chi connectivity index (χ2n) is 5.66. The number of H-pyrrole nitrogens is 1. The Balaban J connectivity index is 1.46. The van der Waals surface area contributed by atoms with Crippen LogP contribution in [0.4, 0.5) is 0 Å². The number of para-hydroxylation sites is 1. The van der Waals surface area contributed by atoms with Crippen molar-refractivity contribution >= 4 is 39.0 Å². The van der Waals surface area contributed by atoms with E-state index in [1.807, 2.05) is 54.7 Å². The van der Waals surface area contributed by atoms with Gasteiger partial charge in [0.05, 0.1) is 6.21 Å². The molecule has 2 aromatic carbocycles. The molecule has 2 aromatic heterocycles. The van der Waals surface area contributed by atoms with Crippen molar-refractivity contribution in [3.8, 4) is 11.3 Å². The van der Waals surface area contributed by atoms with Gasteiger partial charge >= 0.3 is 5.91 Å². The second-order valence-corrected chi connectivity index (χ2v) is 6.58. The number of carbonyl (C=O) groups excluding carboxylic acids is 1. The number of fused-ring (bicyclic) bond motifs is 1. The van der Waals surface area contributed by atoms with Crippen molar-refractivity contribution < 1.29 is 9.21 Å². The van der Waals surface area contributed by atoms with Crippen LogP contribution in [0.3, 0.4) is 0 Å². The van der Waals surface area contributed by atoms with Gasteiger partial charge < -0.3 is 9.40 Å². The van der Waals surface area contributed by atoms with E-state index in [1.165, 1.54) is 0 Å². The first kappa shape index (κ1) is 16.4. The standard InChI is InChI=1S/C20H14BrN3O2/c21-15-7-5-13(6-8-15)18-9-10-19(26-18)20(25)24-23-12-14-11-22-17-4-2-1-3-16(14)17/h1-12,22H,(H,24,25)/b23-12-. The fourth-order valence-electron chi connectivity index (χ4n) is 2.65. The van der Waals surface area contributed by atoms with E-state index in [4.69, 9.17) is 4.42 Å². The van der Waals surface area contributed by atoms with Crippen LogP contribution in [-0.4, -0.2) is 17.1 Å². The average Bonchev–Trinajstić information content (AvgIpc) is 3.30. The molecule has 0 aliphatic rings. The van der Waals surface area contributed by atoms with Gasteiger partial charge in [0.15, 0.2) is 5.76 Å². The first-order valence-corrected chi connectivity index (χ1v) is 8.75. The summed E-state index contributed by atoms with van der Waals surface area (Å²) in [6.07, 6.45) is 3.45. The molecule has 0 fully saturated rings. The number of rotatable bonds is 4. The van der Waals surface area contributed by atoms with E-state index in [0.717, 1.165) is 26.5 Å². The van der Waals surface area contributed by atoms with Gasteiger partial charge in [0.25, 0.3) is 0 Å². The molecule has 128 valence electrons. The Hall–Kier alpha value is -3.12. The number of nitrogens with one attached hydrogen (secondary N) is 2. The highest BCUT2D eigenvalue weighted by molar-refractivity contribution is 9.10. The van der Waals surface area contributed by atoms with Gasteiger partial charge in [-0.25, -0.2) is 5.43 Å². The minimum Gasteiger partial charge on any atom is -0.451 e. The van der Waals surface area contributed by atoms with Gasteiger partial charge in [0.1, 0.15) is 5.76 Å². The third-order valence-electron chi connectivity index (χ3n) is 3.95. The van der Waals surface area contributed by atoms with Crippen molar-refractivity contribution in [2.75, 3.05) is 0 Å². The van der Waals surface area contributed by atoms with E-state index in [1.54, 1.807) is 18.3 Å². The molecule has 4 rings (SSSR count). The lowest BCUT2D eigenvalue weighted by atomic mass is 10.2. The maximum Gasteiger partial charge on any atom is 0.307 e. The van der Waals surface area contributed by atoms with Crippen molar-refractivity contribution in [2.24, 2.45) is 5.10 Å². The number of amides is 1. The van der Waals surface area contributed by atoms with Gasteiger partial charge in [-0.1, -0.05) is 46.3 Å². The Labute approximate surface area is 157 Å². The highest BCUT2D eigenvalue weighted by atomic mass is 79.9. The van der Waals surface area contributed by atoms with Gasteiger partial charge in [-0.2, -0.15) is 5.10 Å². The molecule has 2 heterocycles. The van der Waals surface area contributed by atoms with Gasteiger partial charge in [0, 0.05) is 32.7 Å². The zero-order valence-electron chi connectivity index (χ0n) is 13.6. The van der Waals surface area contributed by atoms with E-state index in [-0.39, 0.29) is 5.76 Å². The number of halogens is 1. The van der Waals surface area contributed by atoms with Crippen LogP contribution in [0.2, 0.25) is 0 Å². The molecule has 0 radical (unpaired) electrons. The highest BCUT2D eigenvalue weighted by Crippen LogP contribution is 2.24. The summed E-state index contributed by atoms with van der Waals surface area (Å²) >= 11 is 3.39. The van der Waals surface area contributed by atoms with Crippen LogP contribution in [0.25, 0.3) is 22.2 Å². The van der Waals surface area contributed by atoms with Crippen LogP contribution in [-0.2, 0) is 0 Å². The molecule has 0 bridgehead atoms. The number of furan rings is 1. The topological polar surface area (TPSA) is 70.4 Å². The molecule has 0 saturated heterocycles. The number of hydrogen-bond acceptors (Lipinski definition) is 3. The maximum atomic E-state index is 12.2. The zero-order chi connectivity index (χ0) is 17.9. The predicted octanol–water partition coefficient (Wildman–Crippen LogP) is 4.95. The zero-order valence-corrected chi connectivity index (χ0v) is 15.2. The molecule has 0 spiro atoms. The van der Waals surface area contributed by atoms with Crippen LogP contribution < -0.4 is 5.43 Å². The highest BCUT2D eigenvalue weighted by Gasteiger charge is 2.11. The third kappa shape index (κ3) is 3.32. The smallest absolute Gasteiger partial charge is 0.307 e. The summed E-state index contributed by atoms with van der Waals surface area (Å²) in [6.45, 7) is 0. The number of hydrazone groups is 1. The van der Waals surface area contributed by atoms with Crippen LogP contribution in [0.15, 0.2) is 80.9 Å². The average molecular weight is 408 g/mol. The summed E-state index contributed by atoms with van der Waals surface area (Å²) in [7, 11) is 0. The fraction of sp³-hybridized carbons (Fsp3) is 0. The minimum atomic E-state index is -0.399. The van der Waals surface area contributed by atoms with E-state index in [9.17, 15) is 4.79 Å². The molecule has 4 aromatic rings. The molecule has 0 atom stereocenters. The lowest BCUT2D eigenvalue weighted by Gasteiger charge is -1.98. The molecule has 2 N–H and O–H groups in total. The Bertz CT molecular complexity index is 1090. The number of benzene rings is 2. The molecular weight excluding hydrogens is 394 g/mol. The van der Waals surface area contributed by atoms with Crippen molar-refractivity contribution in [2.45, 2.75) is 0 Å². The van der Waals surface area contributed by atoms with Gasteiger partial charge in [-0.05, 0) is 30.3 Å². The largest absolute Gasteiger partial charge is 0.451 e. The molecule has 0 aliphatic carbocycles. The predicted molar refractivity (Wildman–Crippen MR) is 105 cm³/mol. The third-order valence-corrected chi connectivity index (χ3v) is 4.48. The molecule has 26 heavy (non-hydrogen) atoms. The van der Waals surface area contributed by atoms with Gasteiger partial charge in [-0.3, -0.25) is 4.79 Å². The molecule has 6 heteroatoms. The van der Waals surface area contributed by atoms with Gasteiger partial charge in [-0.15, -0.1) is 0 Å². The summed E-state index contributed by atoms with van der Waals surface area (Å²) in [5, 5.41) is 5.07. The number of aromatic nitrogens is 1. The molecular formula is C20H14BrN3O2. The first-order valence-electron chi connectivity index (χ1n) is 7.96. The Morgan fingerprint density at radius 3 is 2.73 bits per heavy atom. The van der Waals surface area contributed by atoms with Crippen molar-refractivity contribution in [1.29, 1.82) is 0 Å². The Morgan fingerprint density at radius 1 is 1.08 bits per heavy atom.